The minimum atomic E-state index is -3.25. The Morgan fingerprint density at radius 2 is 1.68 bits per heavy atom. The van der Waals surface area contributed by atoms with Gasteiger partial charge in [0.2, 0.25) is 10.0 Å². The fourth-order valence-electron chi connectivity index (χ4n) is 2.73. The minimum absolute atomic E-state index is 0.361. The lowest BCUT2D eigenvalue weighted by atomic mass is 10.1. The number of hydrogen-bond donors (Lipinski definition) is 3. The van der Waals surface area contributed by atoms with Gasteiger partial charge in [0.1, 0.15) is 0 Å². The number of rotatable bonds is 11. The summed E-state index contributed by atoms with van der Waals surface area (Å²) in [6.07, 6.45) is 2.18. The molecule has 7 nitrogen and oxygen atoms in total. The van der Waals surface area contributed by atoms with Crippen LogP contribution < -0.4 is 15.4 Å². The van der Waals surface area contributed by atoms with Gasteiger partial charge in [-0.05, 0) is 54.9 Å². The smallest absolute Gasteiger partial charge is 0.209 e. The van der Waals surface area contributed by atoms with Gasteiger partial charge in [-0.3, -0.25) is 9.89 Å². The number of guanidine groups is 1. The lowest BCUT2D eigenvalue weighted by Crippen LogP contribution is -2.47. The van der Waals surface area contributed by atoms with Crippen LogP contribution in [0.15, 0.2) is 4.99 Å². The summed E-state index contributed by atoms with van der Waals surface area (Å²) in [7, 11) is -3.25. The lowest BCUT2D eigenvalue weighted by Gasteiger charge is -2.30. The summed E-state index contributed by atoms with van der Waals surface area (Å²) in [5.41, 5.74) is -0.623. The fraction of sp³-hybridized carbons (Fsp3) is 0.941. The van der Waals surface area contributed by atoms with Crippen LogP contribution in [0.25, 0.3) is 0 Å². The second-order valence-electron chi connectivity index (χ2n) is 7.66. The first-order valence-electron chi connectivity index (χ1n) is 9.15. The van der Waals surface area contributed by atoms with Gasteiger partial charge >= 0.3 is 0 Å². The molecule has 0 aliphatic heterocycles. The Labute approximate surface area is 155 Å². The number of nitrogens with one attached hydrogen (secondary N) is 3. The molecular weight excluding hydrogens is 338 g/mol. The van der Waals surface area contributed by atoms with E-state index >= 15 is 0 Å². The first-order valence-corrected chi connectivity index (χ1v) is 11.0. The Bertz CT molecular complexity index is 493. The SMILES string of the molecule is CCNC(=NCC(C)(C)NS(C)(=O)=O)NCCCN(C(C)C)C(C)C. The number of hydrogen-bond acceptors (Lipinski definition) is 4. The Morgan fingerprint density at radius 3 is 2.12 bits per heavy atom. The van der Waals surface area contributed by atoms with Crippen LogP contribution in [0, 0.1) is 0 Å². The second kappa shape index (κ2) is 11.0. The normalized spacial score (nSPS) is 13.8. The van der Waals surface area contributed by atoms with Crippen molar-refractivity contribution in [3.8, 4) is 0 Å². The molecule has 0 aromatic rings. The molecule has 0 rings (SSSR count). The molecule has 0 spiro atoms. The fourth-order valence-corrected chi connectivity index (χ4v) is 3.80. The molecule has 25 heavy (non-hydrogen) atoms. The summed E-state index contributed by atoms with van der Waals surface area (Å²) < 4.78 is 25.4. The van der Waals surface area contributed by atoms with E-state index in [1.165, 1.54) is 0 Å². The molecule has 3 N–H and O–H groups in total. The highest BCUT2D eigenvalue weighted by molar-refractivity contribution is 7.88. The maximum Gasteiger partial charge on any atom is 0.209 e. The first-order chi connectivity index (χ1) is 11.4. The predicted molar refractivity (Wildman–Crippen MR) is 108 cm³/mol. The molecule has 0 saturated carbocycles. The van der Waals surface area contributed by atoms with Crippen LogP contribution in [-0.4, -0.2) is 69.3 Å². The van der Waals surface area contributed by atoms with E-state index in [2.05, 4.69) is 52.9 Å². The maximum atomic E-state index is 11.4. The molecule has 0 bridgehead atoms. The maximum absolute atomic E-state index is 11.4. The van der Waals surface area contributed by atoms with Crippen LogP contribution in [0.5, 0.6) is 0 Å². The molecule has 0 aromatic heterocycles. The van der Waals surface area contributed by atoms with Crippen molar-refractivity contribution in [2.75, 3.05) is 32.4 Å². The molecule has 0 radical (unpaired) electrons. The predicted octanol–water partition coefficient (Wildman–Crippen LogP) is 1.38. The van der Waals surface area contributed by atoms with E-state index in [9.17, 15) is 8.42 Å². The van der Waals surface area contributed by atoms with Crippen molar-refractivity contribution in [1.82, 2.24) is 20.3 Å². The highest BCUT2D eigenvalue weighted by Crippen LogP contribution is 2.06. The Balaban J connectivity index is 4.55. The molecule has 8 heteroatoms. The summed E-state index contributed by atoms with van der Waals surface area (Å²) in [5.74, 6) is 0.714. The highest BCUT2D eigenvalue weighted by atomic mass is 32.2. The molecule has 0 atom stereocenters. The van der Waals surface area contributed by atoms with E-state index in [4.69, 9.17) is 0 Å². The van der Waals surface area contributed by atoms with Crippen molar-refractivity contribution in [1.29, 1.82) is 0 Å². The van der Waals surface area contributed by atoms with E-state index in [0.717, 1.165) is 32.3 Å². The van der Waals surface area contributed by atoms with Crippen molar-refractivity contribution in [3.63, 3.8) is 0 Å². The van der Waals surface area contributed by atoms with E-state index in [1.54, 1.807) is 0 Å². The van der Waals surface area contributed by atoms with Gasteiger partial charge in [-0.25, -0.2) is 13.1 Å². The van der Waals surface area contributed by atoms with Crippen LogP contribution in [0.2, 0.25) is 0 Å². The minimum Gasteiger partial charge on any atom is -0.357 e. The van der Waals surface area contributed by atoms with Crippen molar-refractivity contribution in [2.45, 2.75) is 72.5 Å². The molecule has 0 fully saturated rings. The molecular formula is C17H39N5O2S. The Kier molecular flexibility index (Phi) is 10.6. The summed E-state index contributed by atoms with van der Waals surface area (Å²) in [6, 6.07) is 1.06. The van der Waals surface area contributed by atoms with Crippen LogP contribution in [0.4, 0.5) is 0 Å². The monoisotopic (exact) mass is 377 g/mol. The highest BCUT2D eigenvalue weighted by Gasteiger charge is 2.21. The average Bonchev–Trinajstić information content (AvgIpc) is 2.40. The third kappa shape index (κ3) is 12.2. The summed E-state index contributed by atoms with van der Waals surface area (Å²) >= 11 is 0. The first kappa shape index (κ1) is 24.1. The largest absolute Gasteiger partial charge is 0.357 e. The van der Waals surface area contributed by atoms with Crippen LogP contribution >= 0.6 is 0 Å². The van der Waals surface area contributed by atoms with Crippen LogP contribution in [-0.2, 0) is 10.0 Å². The van der Waals surface area contributed by atoms with Crippen molar-refractivity contribution < 1.29 is 8.42 Å². The molecule has 0 aliphatic carbocycles. The Hall–Kier alpha value is -0.860. The standard InChI is InChI=1S/C17H39N5O2S/c1-9-18-16(20-13-17(6,7)21-25(8,23)24)19-11-10-12-22(14(2)3)15(4)5/h14-15,21H,9-13H2,1-8H3,(H2,18,19,20). The molecule has 0 unspecified atom stereocenters. The van der Waals surface area contributed by atoms with Gasteiger partial charge in [0.25, 0.3) is 0 Å². The van der Waals surface area contributed by atoms with E-state index in [-0.39, 0.29) is 0 Å². The van der Waals surface area contributed by atoms with Crippen molar-refractivity contribution in [2.24, 2.45) is 4.99 Å². The zero-order valence-corrected chi connectivity index (χ0v) is 18.1. The van der Waals surface area contributed by atoms with Gasteiger partial charge in [0.05, 0.1) is 12.8 Å². The van der Waals surface area contributed by atoms with Crippen LogP contribution in [0.3, 0.4) is 0 Å². The zero-order chi connectivity index (χ0) is 19.7. The third-order valence-electron chi connectivity index (χ3n) is 3.65. The average molecular weight is 378 g/mol. The summed E-state index contributed by atoms with van der Waals surface area (Å²) in [4.78, 5) is 6.97. The molecule has 0 saturated heterocycles. The summed E-state index contributed by atoms with van der Waals surface area (Å²) in [5, 5.41) is 6.52. The van der Waals surface area contributed by atoms with Gasteiger partial charge < -0.3 is 10.6 Å². The number of nitrogens with zero attached hydrogens (tertiary/aromatic N) is 2. The molecule has 0 amide bonds. The lowest BCUT2D eigenvalue weighted by molar-refractivity contribution is 0.173. The number of aliphatic imine (C=N–C) groups is 1. The molecule has 150 valence electrons. The van der Waals surface area contributed by atoms with Gasteiger partial charge in [-0.1, -0.05) is 0 Å². The molecule has 0 aliphatic rings. The van der Waals surface area contributed by atoms with Gasteiger partial charge in [0, 0.05) is 37.3 Å². The van der Waals surface area contributed by atoms with Crippen molar-refractivity contribution in [3.05, 3.63) is 0 Å². The number of sulfonamides is 1. The second-order valence-corrected chi connectivity index (χ2v) is 9.41. The summed E-state index contributed by atoms with van der Waals surface area (Å²) in [6.45, 7) is 17.5. The van der Waals surface area contributed by atoms with E-state index in [1.807, 2.05) is 20.8 Å². The Morgan fingerprint density at radius 1 is 1.12 bits per heavy atom. The van der Waals surface area contributed by atoms with Gasteiger partial charge in [0.15, 0.2) is 5.96 Å². The van der Waals surface area contributed by atoms with E-state index < -0.39 is 15.6 Å². The third-order valence-corrected chi connectivity index (χ3v) is 4.57. The van der Waals surface area contributed by atoms with E-state index in [0.29, 0.717) is 24.6 Å². The van der Waals surface area contributed by atoms with Gasteiger partial charge in [-0.15, -0.1) is 0 Å². The molecule has 0 aromatic carbocycles. The quantitative estimate of drug-likeness (QED) is 0.288. The van der Waals surface area contributed by atoms with Crippen LogP contribution in [0.1, 0.15) is 54.9 Å². The van der Waals surface area contributed by atoms with Crippen molar-refractivity contribution >= 4 is 16.0 Å². The van der Waals surface area contributed by atoms with Gasteiger partial charge in [-0.2, -0.15) is 0 Å². The molecule has 0 heterocycles. The topological polar surface area (TPSA) is 85.8 Å². The zero-order valence-electron chi connectivity index (χ0n) is 17.3.